The number of nitrogens with one attached hydrogen (secondary N) is 1. The number of hydrogen-bond donors (Lipinski definition) is 1. The van der Waals surface area contributed by atoms with Crippen molar-refractivity contribution in [3.63, 3.8) is 0 Å². The number of sulfonamides is 1. The highest BCUT2D eigenvalue weighted by Gasteiger charge is 2.18. The zero-order valence-electron chi connectivity index (χ0n) is 16.6. The summed E-state index contributed by atoms with van der Waals surface area (Å²) in [6.07, 6.45) is 0.0995. The Kier molecular flexibility index (Phi) is 7.24. The van der Waals surface area contributed by atoms with Crippen LogP contribution in [0.25, 0.3) is 0 Å². The molecule has 0 saturated carbocycles. The molecule has 0 radical (unpaired) electrons. The highest BCUT2D eigenvalue weighted by molar-refractivity contribution is 7.89. The van der Waals surface area contributed by atoms with Gasteiger partial charge in [-0.1, -0.05) is 36.4 Å². The Morgan fingerprint density at radius 3 is 2.45 bits per heavy atom. The second kappa shape index (κ2) is 9.87. The van der Waals surface area contributed by atoms with E-state index in [0.29, 0.717) is 19.8 Å². The first-order valence-electron chi connectivity index (χ1n) is 9.66. The van der Waals surface area contributed by atoms with Gasteiger partial charge in [-0.05, 0) is 23.8 Å². The van der Waals surface area contributed by atoms with Crippen LogP contribution in [0, 0.1) is 0 Å². The lowest BCUT2D eigenvalue weighted by Crippen LogP contribution is -2.37. The number of ether oxygens (including phenoxy) is 1. The molecule has 7 nitrogen and oxygen atoms in total. The number of morpholine rings is 1. The Balaban J connectivity index is 1.55. The molecule has 1 fully saturated rings. The van der Waals surface area contributed by atoms with Crippen LogP contribution < -0.4 is 9.62 Å². The summed E-state index contributed by atoms with van der Waals surface area (Å²) in [7, 11) is -1.86. The average Bonchev–Trinajstić information content (AvgIpc) is 2.75. The zero-order valence-corrected chi connectivity index (χ0v) is 17.4. The van der Waals surface area contributed by atoms with Gasteiger partial charge in [0.1, 0.15) is 0 Å². The van der Waals surface area contributed by atoms with Gasteiger partial charge in [-0.2, -0.15) is 0 Å². The summed E-state index contributed by atoms with van der Waals surface area (Å²) in [6.45, 7) is 3.59. The van der Waals surface area contributed by atoms with E-state index in [0.717, 1.165) is 24.3 Å². The lowest BCUT2D eigenvalue weighted by Gasteiger charge is -2.31. The molecule has 29 heavy (non-hydrogen) atoms. The molecule has 8 heteroatoms. The molecule has 0 spiro atoms. The van der Waals surface area contributed by atoms with Crippen LogP contribution in [0.3, 0.4) is 0 Å². The number of para-hydroxylation sites is 1. The molecule has 0 unspecified atom stereocenters. The maximum atomic E-state index is 12.5. The van der Waals surface area contributed by atoms with Crippen LogP contribution in [0.15, 0.2) is 59.5 Å². The number of anilines is 1. The molecule has 0 atom stereocenters. The highest BCUT2D eigenvalue weighted by Crippen LogP contribution is 2.22. The molecule has 156 valence electrons. The standard InChI is InChI=1S/C21H27N3O4S/c1-23(17-18-7-5-6-10-20(18)24-13-15-28-16-14-24)21(25)11-12-22-29(26,27)19-8-3-2-4-9-19/h2-10,22H,11-17H2,1H3. The molecule has 1 N–H and O–H groups in total. The minimum absolute atomic E-state index is 0.0610. The second-order valence-corrected chi connectivity index (χ2v) is 8.71. The molecule has 1 aliphatic rings. The van der Waals surface area contributed by atoms with E-state index >= 15 is 0 Å². The van der Waals surface area contributed by atoms with Gasteiger partial charge in [0.2, 0.25) is 15.9 Å². The molecule has 0 bridgehead atoms. The zero-order chi connectivity index (χ0) is 20.7. The van der Waals surface area contributed by atoms with Gasteiger partial charge >= 0.3 is 0 Å². The van der Waals surface area contributed by atoms with E-state index in [4.69, 9.17) is 4.74 Å². The van der Waals surface area contributed by atoms with Gasteiger partial charge in [-0.25, -0.2) is 13.1 Å². The first kappa shape index (κ1) is 21.3. The smallest absolute Gasteiger partial charge is 0.240 e. The van der Waals surface area contributed by atoms with Gasteiger partial charge in [0, 0.05) is 45.3 Å². The van der Waals surface area contributed by atoms with Gasteiger partial charge < -0.3 is 14.5 Å². The van der Waals surface area contributed by atoms with Gasteiger partial charge in [0.25, 0.3) is 0 Å². The van der Waals surface area contributed by atoms with Crippen LogP contribution in [-0.2, 0) is 26.1 Å². The van der Waals surface area contributed by atoms with Crippen molar-refractivity contribution in [1.82, 2.24) is 9.62 Å². The number of benzene rings is 2. The number of amides is 1. The molecule has 2 aromatic carbocycles. The summed E-state index contributed by atoms with van der Waals surface area (Å²) in [5, 5.41) is 0. The van der Waals surface area contributed by atoms with Crippen molar-refractivity contribution < 1.29 is 17.9 Å². The molecular formula is C21H27N3O4S. The van der Waals surface area contributed by atoms with Crippen molar-refractivity contribution in [2.24, 2.45) is 0 Å². The van der Waals surface area contributed by atoms with Crippen molar-refractivity contribution in [3.05, 3.63) is 60.2 Å². The van der Waals surface area contributed by atoms with Crippen molar-refractivity contribution in [2.75, 3.05) is 44.8 Å². The van der Waals surface area contributed by atoms with Gasteiger partial charge in [-0.3, -0.25) is 4.79 Å². The molecule has 1 amide bonds. The molecule has 0 aliphatic carbocycles. The average molecular weight is 418 g/mol. The Labute approximate surface area is 172 Å². The fourth-order valence-electron chi connectivity index (χ4n) is 3.27. The Morgan fingerprint density at radius 1 is 1.07 bits per heavy atom. The van der Waals surface area contributed by atoms with Crippen molar-refractivity contribution in [2.45, 2.75) is 17.9 Å². The molecule has 1 aliphatic heterocycles. The Bertz CT molecular complexity index is 913. The Morgan fingerprint density at radius 2 is 1.72 bits per heavy atom. The number of nitrogens with zero attached hydrogens (tertiary/aromatic N) is 2. The monoisotopic (exact) mass is 417 g/mol. The minimum Gasteiger partial charge on any atom is -0.378 e. The van der Waals surface area contributed by atoms with E-state index < -0.39 is 10.0 Å². The van der Waals surface area contributed by atoms with Crippen LogP contribution in [0.4, 0.5) is 5.69 Å². The van der Waals surface area contributed by atoms with Gasteiger partial charge in [-0.15, -0.1) is 0 Å². The first-order chi connectivity index (χ1) is 14.0. The van der Waals surface area contributed by atoms with Crippen molar-refractivity contribution in [1.29, 1.82) is 0 Å². The number of carbonyl (C=O) groups excluding carboxylic acids is 1. The minimum atomic E-state index is -3.60. The lowest BCUT2D eigenvalue weighted by molar-refractivity contribution is -0.130. The fourth-order valence-corrected chi connectivity index (χ4v) is 4.32. The summed E-state index contributed by atoms with van der Waals surface area (Å²) >= 11 is 0. The molecular weight excluding hydrogens is 390 g/mol. The molecule has 1 heterocycles. The largest absolute Gasteiger partial charge is 0.378 e. The normalized spacial score (nSPS) is 14.6. The topological polar surface area (TPSA) is 79.0 Å². The maximum absolute atomic E-state index is 12.5. The SMILES string of the molecule is CN(Cc1ccccc1N1CCOCC1)C(=O)CCNS(=O)(=O)c1ccccc1. The molecule has 1 saturated heterocycles. The number of carbonyl (C=O) groups is 1. The fraction of sp³-hybridized carbons (Fsp3) is 0.381. The maximum Gasteiger partial charge on any atom is 0.240 e. The summed E-state index contributed by atoms with van der Waals surface area (Å²) in [5.41, 5.74) is 2.18. The van der Waals surface area contributed by atoms with E-state index in [1.165, 1.54) is 12.1 Å². The molecule has 3 rings (SSSR count). The van der Waals surface area contributed by atoms with Crippen LogP contribution in [0.2, 0.25) is 0 Å². The molecule has 0 aromatic heterocycles. The van der Waals surface area contributed by atoms with E-state index in [2.05, 4.69) is 15.7 Å². The number of rotatable bonds is 8. The Hall–Kier alpha value is -2.42. The molecule has 2 aromatic rings. The van der Waals surface area contributed by atoms with Crippen LogP contribution in [-0.4, -0.2) is 59.1 Å². The van der Waals surface area contributed by atoms with E-state index in [-0.39, 0.29) is 23.8 Å². The number of hydrogen-bond acceptors (Lipinski definition) is 5. The van der Waals surface area contributed by atoms with Gasteiger partial charge in [0.05, 0.1) is 18.1 Å². The van der Waals surface area contributed by atoms with Crippen LogP contribution in [0.5, 0.6) is 0 Å². The van der Waals surface area contributed by atoms with E-state index in [1.807, 2.05) is 18.2 Å². The van der Waals surface area contributed by atoms with Crippen molar-refractivity contribution in [3.8, 4) is 0 Å². The summed E-state index contributed by atoms with van der Waals surface area (Å²) in [5.74, 6) is -0.113. The van der Waals surface area contributed by atoms with E-state index in [1.54, 1.807) is 30.1 Å². The van der Waals surface area contributed by atoms with Crippen LogP contribution >= 0.6 is 0 Å². The first-order valence-corrected chi connectivity index (χ1v) is 11.1. The summed E-state index contributed by atoms with van der Waals surface area (Å²) in [6, 6.07) is 16.2. The third kappa shape index (κ3) is 5.79. The van der Waals surface area contributed by atoms with Crippen LogP contribution in [0.1, 0.15) is 12.0 Å². The highest BCUT2D eigenvalue weighted by atomic mass is 32.2. The third-order valence-electron chi connectivity index (χ3n) is 4.86. The predicted octanol–water partition coefficient (Wildman–Crippen LogP) is 1.85. The second-order valence-electron chi connectivity index (χ2n) is 6.94. The summed E-state index contributed by atoms with van der Waals surface area (Å²) in [4.78, 5) is 16.6. The predicted molar refractivity (Wildman–Crippen MR) is 112 cm³/mol. The summed E-state index contributed by atoms with van der Waals surface area (Å²) < 4.78 is 32.4. The quantitative estimate of drug-likeness (QED) is 0.709. The lowest BCUT2D eigenvalue weighted by atomic mass is 10.1. The third-order valence-corrected chi connectivity index (χ3v) is 6.34. The van der Waals surface area contributed by atoms with Gasteiger partial charge in [0.15, 0.2) is 0 Å². The van der Waals surface area contributed by atoms with E-state index in [9.17, 15) is 13.2 Å². The van der Waals surface area contributed by atoms with Crippen molar-refractivity contribution >= 4 is 21.6 Å².